The molecule has 0 aliphatic rings. The molecule has 0 amide bonds. The standard InChI is InChI=1S/C16H16ClNO4S/c17-14-4-1-12(2-5-14)7-9-18-23(21,22)10-8-13-3-6-15(19)16(20)11-13/h1-6,8,10-11,18-20H,7,9H2/b10-8+. The molecular formula is C16H16ClNO4S. The molecule has 122 valence electrons. The molecule has 23 heavy (non-hydrogen) atoms. The highest BCUT2D eigenvalue weighted by molar-refractivity contribution is 7.92. The van der Waals surface area contributed by atoms with Gasteiger partial charge in [-0.15, -0.1) is 0 Å². The normalized spacial score (nSPS) is 11.9. The summed E-state index contributed by atoms with van der Waals surface area (Å²) in [5.74, 6) is -0.564. The van der Waals surface area contributed by atoms with E-state index >= 15 is 0 Å². The number of sulfonamides is 1. The first-order chi connectivity index (χ1) is 10.9. The minimum atomic E-state index is -3.58. The Kier molecular flexibility index (Phi) is 5.65. The van der Waals surface area contributed by atoms with E-state index in [9.17, 15) is 18.6 Å². The molecule has 2 aromatic rings. The number of benzene rings is 2. The molecule has 0 atom stereocenters. The molecule has 5 nitrogen and oxygen atoms in total. The van der Waals surface area contributed by atoms with Crippen molar-refractivity contribution in [3.8, 4) is 11.5 Å². The van der Waals surface area contributed by atoms with Crippen molar-refractivity contribution in [2.45, 2.75) is 6.42 Å². The number of phenols is 2. The van der Waals surface area contributed by atoms with Crippen LogP contribution < -0.4 is 4.72 Å². The van der Waals surface area contributed by atoms with Crippen molar-refractivity contribution in [2.75, 3.05) is 6.54 Å². The molecule has 0 saturated carbocycles. The van der Waals surface area contributed by atoms with Crippen LogP contribution in [0.4, 0.5) is 0 Å². The Balaban J connectivity index is 1.92. The molecule has 3 N–H and O–H groups in total. The van der Waals surface area contributed by atoms with Crippen LogP contribution in [0.5, 0.6) is 11.5 Å². The van der Waals surface area contributed by atoms with E-state index in [0.717, 1.165) is 11.0 Å². The first-order valence-corrected chi connectivity index (χ1v) is 8.72. The van der Waals surface area contributed by atoms with Gasteiger partial charge in [0.05, 0.1) is 0 Å². The molecule has 2 aromatic carbocycles. The van der Waals surface area contributed by atoms with Gasteiger partial charge in [-0.25, -0.2) is 13.1 Å². The summed E-state index contributed by atoms with van der Waals surface area (Å²) < 4.78 is 26.2. The summed E-state index contributed by atoms with van der Waals surface area (Å²) in [6.45, 7) is 0.259. The first kappa shape index (κ1) is 17.3. The number of hydrogen-bond acceptors (Lipinski definition) is 4. The van der Waals surface area contributed by atoms with Crippen molar-refractivity contribution in [3.63, 3.8) is 0 Å². The van der Waals surface area contributed by atoms with Crippen molar-refractivity contribution in [1.29, 1.82) is 0 Å². The Morgan fingerprint density at radius 2 is 1.74 bits per heavy atom. The zero-order chi connectivity index (χ0) is 16.9. The predicted molar refractivity (Wildman–Crippen MR) is 90.9 cm³/mol. The molecule has 2 rings (SSSR count). The SMILES string of the molecule is O=S(=O)(/C=C/c1ccc(O)c(O)c1)NCCc1ccc(Cl)cc1. The van der Waals surface area contributed by atoms with Crippen molar-refractivity contribution in [2.24, 2.45) is 0 Å². The van der Waals surface area contributed by atoms with Crippen molar-refractivity contribution in [1.82, 2.24) is 4.72 Å². The fourth-order valence-corrected chi connectivity index (χ4v) is 2.79. The fourth-order valence-electron chi connectivity index (χ4n) is 1.85. The predicted octanol–water partition coefficient (Wildman–Crippen LogP) is 2.88. The van der Waals surface area contributed by atoms with Gasteiger partial charge in [0.2, 0.25) is 10.0 Å². The Hall–Kier alpha value is -2.02. The quantitative estimate of drug-likeness (QED) is 0.697. The third-order valence-corrected chi connectivity index (χ3v) is 4.42. The molecule has 7 heteroatoms. The molecular weight excluding hydrogens is 338 g/mol. The third-order valence-electron chi connectivity index (χ3n) is 3.07. The summed E-state index contributed by atoms with van der Waals surface area (Å²) >= 11 is 5.78. The Morgan fingerprint density at radius 3 is 2.39 bits per heavy atom. The monoisotopic (exact) mass is 353 g/mol. The Morgan fingerprint density at radius 1 is 1.04 bits per heavy atom. The van der Waals surface area contributed by atoms with Gasteiger partial charge in [0, 0.05) is 17.0 Å². The van der Waals surface area contributed by atoms with Gasteiger partial charge in [-0.3, -0.25) is 0 Å². The number of hydrogen-bond donors (Lipinski definition) is 3. The van der Waals surface area contributed by atoms with Gasteiger partial charge in [-0.05, 0) is 47.9 Å². The molecule has 0 aliphatic heterocycles. The fraction of sp³-hybridized carbons (Fsp3) is 0.125. The van der Waals surface area contributed by atoms with Crippen LogP contribution in [0.1, 0.15) is 11.1 Å². The van der Waals surface area contributed by atoms with Crippen LogP contribution in [0.2, 0.25) is 5.02 Å². The van der Waals surface area contributed by atoms with E-state index in [-0.39, 0.29) is 18.0 Å². The lowest BCUT2D eigenvalue weighted by atomic mass is 10.2. The van der Waals surface area contributed by atoms with Gasteiger partial charge < -0.3 is 10.2 Å². The summed E-state index contributed by atoms with van der Waals surface area (Å²) in [6.07, 6.45) is 1.88. The van der Waals surface area contributed by atoms with Crippen LogP contribution in [-0.2, 0) is 16.4 Å². The van der Waals surface area contributed by atoms with E-state index in [0.29, 0.717) is 17.0 Å². The molecule has 0 fully saturated rings. The molecule has 0 saturated heterocycles. The summed E-state index contributed by atoms with van der Waals surface area (Å²) in [4.78, 5) is 0. The minimum Gasteiger partial charge on any atom is -0.504 e. The summed E-state index contributed by atoms with van der Waals surface area (Å²) in [7, 11) is -3.58. The summed E-state index contributed by atoms with van der Waals surface area (Å²) in [6, 6.07) is 11.2. The lowest BCUT2D eigenvalue weighted by Crippen LogP contribution is -2.23. The zero-order valence-corrected chi connectivity index (χ0v) is 13.7. The van der Waals surface area contributed by atoms with Crippen LogP contribution in [0.3, 0.4) is 0 Å². The highest BCUT2D eigenvalue weighted by atomic mass is 35.5. The molecule has 0 aromatic heterocycles. The van der Waals surface area contributed by atoms with E-state index in [4.69, 9.17) is 11.6 Å². The van der Waals surface area contributed by atoms with Crippen LogP contribution in [0, 0.1) is 0 Å². The highest BCUT2D eigenvalue weighted by Gasteiger charge is 2.05. The smallest absolute Gasteiger partial charge is 0.233 e. The van der Waals surface area contributed by atoms with E-state index in [1.165, 1.54) is 24.3 Å². The van der Waals surface area contributed by atoms with Crippen molar-refractivity contribution >= 4 is 27.7 Å². The van der Waals surface area contributed by atoms with Crippen LogP contribution >= 0.6 is 11.6 Å². The molecule has 0 radical (unpaired) electrons. The van der Waals surface area contributed by atoms with E-state index in [2.05, 4.69) is 4.72 Å². The van der Waals surface area contributed by atoms with Crippen molar-refractivity contribution in [3.05, 3.63) is 64.0 Å². The average molecular weight is 354 g/mol. The maximum absolute atomic E-state index is 11.9. The highest BCUT2D eigenvalue weighted by Crippen LogP contribution is 2.25. The topological polar surface area (TPSA) is 86.6 Å². The molecule has 0 aliphatic carbocycles. The number of nitrogens with one attached hydrogen (secondary N) is 1. The van der Waals surface area contributed by atoms with E-state index < -0.39 is 10.0 Å². The van der Waals surface area contributed by atoms with Crippen LogP contribution in [-0.4, -0.2) is 25.2 Å². The lowest BCUT2D eigenvalue weighted by Gasteiger charge is -2.04. The second-order valence-electron chi connectivity index (χ2n) is 4.87. The maximum atomic E-state index is 11.9. The largest absolute Gasteiger partial charge is 0.504 e. The third kappa shape index (κ3) is 5.59. The molecule has 0 bridgehead atoms. The van der Waals surface area contributed by atoms with Crippen LogP contribution in [0.25, 0.3) is 6.08 Å². The average Bonchev–Trinajstić information content (AvgIpc) is 2.50. The van der Waals surface area contributed by atoms with Crippen molar-refractivity contribution < 1.29 is 18.6 Å². The molecule has 0 unspecified atom stereocenters. The maximum Gasteiger partial charge on any atom is 0.233 e. The minimum absolute atomic E-state index is 0.258. The van der Waals surface area contributed by atoms with E-state index in [1.807, 2.05) is 12.1 Å². The second-order valence-corrected chi connectivity index (χ2v) is 6.95. The Bertz CT molecular complexity index is 801. The summed E-state index contributed by atoms with van der Waals surface area (Å²) in [5, 5.41) is 20.2. The number of aromatic hydroxyl groups is 2. The van der Waals surface area contributed by atoms with Gasteiger partial charge in [0.1, 0.15) is 0 Å². The van der Waals surface area contributed by atoms with Gasteiger partial charge in [-0.1, -0.05) is 29.8 Å². The van der Waals surface area contributed by atoms with Gasteiger partial charge in [0.25, 0.3) is 0 Å². The molecule has 0 heterocycles. The zero-order valence-electron chi connectivity index (χ0n) is 12.1. The molecule has 0 spiro atoms. The summed E-state index contributed by atoms with van der Waals surface area (Å²) in [5.41, 5.74) is 1.44. The van der Waals surface area contributed by atoms with Gasteiger partial charge >= 0.3 is 0 Å². The number of phenolic OH excluding ortho intramolecular Hbond substituents is 2. The number of rotatable bonds is 6. The van der Waals surface area contributed by atoms with Gasteiger partial charge in [-0.2, -0.15) is 0 Å². The van der Waals surface area contributed by atoms with Crippen LogP contribution in [0.15, 0.2) is 47.9 Å². The van der Waals surface area contributed by atoms with E-state index in [1.54, 1.807) is 12.1 Å². The first-order valence-electron chi connectivity index (χ1n) is 6.80. The lowest BCUT2D eigenvalue weighted by molar-refractivity contribution is 0.403. The Labute approximate surface area is 139 Å². The number of halogens is 1. The second kappa shape index (κ2) is 7.50. The van der Waals surface area contributed by atoms with Gasteiger partial charge in [0.15, 0.2) is 11.5 Å².